The van der Waals surface area contributed by atoms with Crippen molar-refractivity contribution in [3.63, 3.8) is 0 Å². The lowest BCUT2D eigenvalue weighted by atomic mass is 9.80. The highest BCUT2D eigenvalue weighted by Gasteiger charge is 2.37. The van der Waals surface area contributed by atoms with Crippen LogP contribution >= 0.6 is 11.8 Å². The molecule has 0 bridgehead atoms. The molecule has 1 saturated carbocycles. The van der Waals surface area contributed by atoms with Gasteiger partial charge in [-0.15, -0.1) is 11.8 Å². The van der Waals surface area contributed by atoms with E-state index in [4.69, 9.17) is 0 Å². The Hall–Kier alpha value is -2.61. The SMILES string of the molecule is CSc1ccc(C(C2CCCC2)C(O)c2cc3cccnc3n2S(=O)(=O)c2ccccc2)cc1. The van der Waals surface area contributed by atoms with E-state index in [2.05, 4.69) is 29.2 Å². The largest absolute Gasteiger partial charge is 0.386 e. The second-order valence-corrected chi connectivity index (χ2v) is 11.5. The van der Waals surface area contributed by atoms with Crippen LogP contribution in [0.15, 0.2) is 88.8 Å². The van der Waals surface area contributed by atoms with Crippen molar-refractivity contribution in [1.82, 2.24) is 8.96 Å². The minimum atomic E-state index is -3.96. The zero-order chi connectivity index (χ0) is 23.7. The van der Waals surface area contributed by atoms with Crippen LogP contribution in [0.3, 0.4) is 0 Å². The molecule has 4 aromatic rings. The lowest BCUT2D eigenvalue weighted by Crippen LogP contribution is -2.24. The van der Waals surface area contributed by atoms with Gasteiger partial charge in [0, 0.05) is 22.4 Å². The normalized spacial score (nSPS) is 16.6. The first-order chi connectivity index (χ1) is 16.5. The fraction of sp³-hybridized carbons (Fsp3) is 0.296. The summed E-state index contributed by atoms with van der Waals surface area (Å²) in [5.74, 6) is 0.0847. The van der Waals surface area contributed by atoms with Crippen LogP contribution in [0, 0.1) is 5.92 Å². The van der Waals surface area contributed by atoms with Crippen molar-refractivity contribution in [3.05, 3.63) is 90.3 Å². The molecule has 7 heteroatoms. The predicted octanol–water partition coefficient (Wildman–Crippen LogP) is 6.00. The Balaban J connectivity index is 1.68. The number of nitrogens with zero attached hydrogens (tertiary/aromatic N) is 2. The summed E-state index contributed by atoms with van der Waals surface area (Å²) in [5.41, 5.74) is 1.74. The third kappa shape index (κ3) is 4.17. The number of thioether (sulfide) groups is 1. The van der Waals surface area contributed by atoms with E-state index in [9.17, 15) is 13.5 Å². The predicted molar refractivity (Wildman–Crippen MR) is 137 cm³/mol. The van der Waals surface area contributed by atoms with Gasteiger partial charge in [-0.05, 0) is 73.0 Å². The van der Waals surface area contributed by atoms with E-state index in [1.807, 2.05) is 12.3 Å². The van der Waals surface area contributed by atoms with E-state index in [1.165, 1.54) is 3.97 Å². The van der Waals surface area contributed by atoms with E-state index in [-0.39, 0.29) is 16.7 Å². The molecule has 2 aromatic carbocycles. The number of aromatic nitrogens is 2. The fourth-order valence-electron chi connectivity index (χ4n) is 5.23. The van der Waals surface area contributed by atoms with E-state index in [0.29, 0.717) is 16.7 Å². The first-order valence-corrected chi connectivity index (χ1v) is 14.3. The molecule has 2 atom stereocenters. The Morgan fingerprint density at radius 3 is 2.38 bits per heavy atom. The van der Waals surface area contributed by atoms with Gasteiger partial charge in [0.25, 0.3) is 10.0 Å². The molecule has 5 rings (SSSR count). The number of rotatable bonds is 7. The van der Waals surface area contributed by atoms with Gasteiger partial charge in [0.05, 0.1) is 10.6 Å². The van der Waals surface area contributed by atoms with Crippen LogP contribution in [0.25, 0.3) is 11.0 Å². The summed E-state index contributed by atoms with van der Waals surface area (Å²) >= 11 is 1.68. The third-order valence-corrected chi connectivity index (χ3v) is 9.36. The van der Waals surface area contributed by atoms with Crippen LogP contribution in [-0.2, 0) is 10.0 Å². The quantitative estimate of drug-likeness (QED) is 0.320. The van der Waals surface area contributed by atoms with Gasteiger partial charge in [-0.25, -0.2) is 17.4 Å². The highest BCUT2D eigenvalue weighted by Crippen LogP contribution is 2.46. The molecule has 2 aromatic heterocycles. The zero-order valence-corrected chi connectivity index (χ0v) is 20.7. The lowest BCUT2D eigenvalue weighted by Gasteiger charge is -2.30. The standard InChI is InChI=1S/C27H28N2O3S2/c1-33-22-15-13-20(14-16-22)25(19-8-5-6-9-19)26(30)24-18-21-10-7-17-28-27(21)29(24)34(31,32)23-11-3-2-4-12-23/h2-4,7,10-19,25-26,30H,5-6,8-9H2,1H3. The molecule has 0 saturated heterocycles. The molecule has 1 fully saturated rings. The molecule has 1 aliphatic rings. The van der Waals surface area contributed by atoms with Crippen molar-refractivity contribution >= 4 is 32.8 Å². The van der Waals surface area contributed by atoms with Gasteiger partial charge in [-0.2, -0.15) is 0 Å². The Morgan fingerprint density at radius 2 is 1.71 bits per heavy atom. The number of aliphatic hydroxyl groups is 1. The van der Waals surface area contributed by atoms with Gasteiger partial charge in [-0.3, -0.25) is 0 Å². The third-order valence-electron chi connectivity index (χ3n) is 6.88. The highest BCUT2D eigenvalue weighted by atomic mass is 32.2. The second-order valence-electron chi connectivity index (χ2n) is 8.86. The molecule has 0 spiro atoms. The maximum Gasteiger partial charge on any atom is 0.269 e. The monoisotopic (exact) mass is 492 g/mol. The molecule has 34 heavy (non-hydrogen) atoms. The number of hydrogen-bond donors (Lipinski definition) is 1. The fourth-order valence-corrected chi connectivity index (χ4v) is 7.17. The summed E-state index contributed by atoms with van der Waals surface area (Å²) in [5, 5.41) is 12.6. The maximum absolute atomic E-state index is 13.8. The topological polar surface area (TPSA) is 72.2 Å². The Morgan fingerprint density at radius 1 is 1.00 bits per heavy atom. The molecule has 1 aliphatic carbocycles. The van der Waals surface area contributed by atoms with Crippen LogP contribution in [0.1, 0.15) is 49.0 Å². The number of hydrogen-bond acceptors (Lipinski definition) is 5. The van der Waals surface area contributed by atoms with Gasteiger partial charge in [-0.1, -0.05) is 43.2 Å². The van der Waals surface area contributed by atoms with E-state index in [1.54, 1.807) is 60.4 Å². The van der Waals surface area contributed by atoms with Crippen LogP contribution in [0.4, 0.5) is 0 Å². The number of fused-ring (bicyclic) bond motifs is 1. The molecule has 1 N–H and O–H groups in total. The summed E-state index contributed by atoms with van der Waals surface area (Å²) in [6, 6.07) is 22.1. The number of pyridine rings is 1. The van der Waals surface area contributed by atoms with Gasteiger partial charge < -0.3 is 5.11 Å². The minimum Gasteiger partial charge on any atom is -0.386 e. The second kappa shape index (κ2) is 9.56. The first kappa shape index (κ1) is 23.1. The Kier molecular flexibility index (Phi) is 6.51. The van der Waals surface area contributed by atoms with E-state index >= 15 is 0 Å². The van der Waals surface area contributed by atoms with Crippen molar-refractivity contribution in [3.8, 4) is 0 Å². The summed E-state index contributed by atoms with van der Waals surface area (Å²) in [4.78, 5) is 5.73. The molecule has 2 heterocycles. The Bertz CT molecular complexity index is 1380. The van der Waals surface area contributed by atoms with Gasteiger partial charge in [0.2, 0.25) is 0 Å². The molecular weight excluding hydrogens is 464 g/mol. The van der Waals surface area contributed by atoms with Crippen molar-refractivity contribution in [2.24, 2.45) is 5.92 Å². The molecule has 2 unspecified atom stereocenters. The molecule has 0 aliphatic heterocycles. The summed E-state index contributed by atoms with van der Waals surface area (Å²) in [6.07, 6.45) is 6.94. The molecule has 0 amide bonds. The molecule has 5 nitrogen and oxygen atoms in total. The zero-order valence-electron chi connectivity index (χ0n) is 19.0. The lowest BCUT2D eigenvalue weighted by molar-refractivity contribution is 0.111. The van der Waals surface area contributed by atoms with Crippen LogP contribution in [0.2, 0.25) is 0 Å². The number of aliphatic hydroxyl groups excluding tert-OH is 1. The van der Waals surface area contributed by atoms with Crippen molar-refractivity contribution in [2.45, 2.75) is 47.5 Å². The van der Waals surface area contributed by atoms with Crippen molar-refractivity contribution in [1.29, 1.82) is 0 Å². The van der Waals surface area contributed by atoms with E-state index in [0.717, 1.165) is 36.1 Å². The summed E-state index contributed by atoms with van der Waals surface area (Å²) < 4.78 is 28.9. The molecule has 0 radical (unpaired) electrons. The first-order valence-electron chi connectivity index (χ1n) is 11.6. The molecule has 176 valence electrons. The molecular formula is C27H28N2O3S2. The van der Waals surface area contributed by atoms with Crippen molar-refractivity contribution in [2.75, 3.05) is 6.26 Å². The smallest absolute Gasteiger partial charge is 0.269 e. The van der Waals surface area contributed by atoms with E-state index < -0.39 is 16.1 Å². The van der Waals surface area contributed by atoms with Gasteiger partial charge in [0.15, 0.2) is 5.65 Å². The summed E-state index contributed by atoms with van der Waals surface area (Å²) in [7, 11) is -3.96. The van der Waals surface area contributed by atoms with Crippen LogP contribution < -0.4 is 0 Å². The van der Waals surface area contributed by atoms with Crippen LogP contribution in [0.5, 0.6) is 0 Å². The Labute approximate surface area is 204 Å². The average molecular weight is 493 g/mol. The number of benzene rings is 2. The minimum absolute atomic E-state index is 0.174. The highest BCUT2D eigenvalue weighted by molar-refractivity contribution is 7.98. The average Bonchev–Trinajstić information content (AvgIpc) is 3.54. The van der Waals surface area contributed by atoms with Crippen LogP contribution in [-0.4, -0.2) is 28.7 Å². The summed E-state index contributed by atoms with van der Waals surface area (Å²) in [6.45, 7) is 0. The maximum atomic E-state index is 13.8. The van der Waals surface area contributed by atoms with Crippen molar-refractivity contribution < 1.29 is 13.5 Å². The van der Waals surface area contributed by atoms with Gasteiger partial charge >= 0.3 is 0 Å². The van der Waals surface area contributed by atoms with Gasteiger partial charge in [0.1, 0.15) is 6.10 Å².